The normalized spacial score (nSPS) is 19.3. The molecule has 0 N–H and O–H groups in total. The first-order chi connectivity index (χ1) is 10.6. The second-order valence-corrected chi connectivity index (χ2v) is 6.15. The second kappa shape index (κ2) is 6.48. The molecule has 1 unspecified atom stereocenters. The average molecular weight is 297 g/mol. The Labute approximate surface area is 131 Å². The third kappa shape index (κ3) is 3.65. The molecule has 1 aliphatic rings. The van der Waals surface area contributed by atoms with Gasteiger partial charge in [-0.15, -0.1) is 0 Å². The molecule has 1 fully saturated rings. The predicted molar refractivity (Wildman–Crippen MR) is 85.5 cm³/mol. The van der Waals surface area contributed by atoms with E-state index in [1.807, 2.05) is 27.0 Å². The summed E-state index contributed by atoms with van der Waals surface area (Å²) in [6.07, 6.45) is 4.28. The highest BCUT2D eigenvalue weighted by Crippen LogP contribution is 2.26. The Kier molecular flexibility index (Phi) is 4.43. The van der Waals surface area contributed by atoms with E-state index in [1.54, 1.807) is 0 Å². The number of aromatic nitrogens is 4. The molecule has 0 radical (unpaired) electrons. The van der Waals surface area contributed by atoms with E-state index in [1.165, 1.54) is 18.5 Å². The first-order valence-corrected chi connectivity index (χ1v) is 7.93. The molecule has 0 bridgehead atoms. The molecule has 0 spiro atoms. The fourth-order valence-electron chi connectivity index (χ4n) is 3.25. The Morgan fingerprint density at radius 1 is 1.14 bits per heavy atom. The van der Waals surface area contributed by atoms with Crippen LogP contribution in [0.5, 0.6) is 0 Å². The number of rotatable bonds is 3. The van der Waals surface area contributed by atoms with E-state index in [-0.39, 0.29) is 0 Å². The topological polar surface area (TPSA) is 54.8 Å². The summed E-state index contributed by atoms with van der Waals surface area (Å²) in [6.45, 7) is 9.00. The Morgan fingerprint density at radius 2 is 2.00 bits per heavy atom. The van der Waals surface area contributed by atoms with E-state index in [0.717, 1.165) is 42.7 Å². The maximum Gasteiger partial charge on any atom is 0.125 e. The molecule has 5 nitrogen and oxygen atoms in total. The van der Waals surface area contributed by atoms with Crippen LogP contribution in [0.4, 0.5) is 0 Å². The zero-order chi connectivity index (χ0) is 15.5. The number of hydrogen-bond donors (Lipinski definition) is 0. The standard InChI is InChI=1S/C17H23N5/c1-12-9-16(20-14(3)19-12)11-22-8-4-5-15(10-22)17-6-7-18-13(2)21-17/h6-7,9,15H,4-5,8,10-11H2,1-3H3. The van der Waals surface area contributed by atoms with Crippen molar-refractivity contribution in [2.24, 2.45) is 0 Å². The SMILES string of the molecule is Cc1cc(CN2CCCC(c3ccnc(C)n3)C2)nc(C)n1. The number of aryl methyl sites for hydroxylation is 3. The van der Waals surface area contributed by atoms with Crippen LogP contribution >= 0.6 is 0 Å². The molecular weight excluding hydrogens is 274 g/mol. The molecule has 0 aromatic carbocycles. The Bertz CT molecular complexity index is 635. The monoisotopic (exact) mass is 297 g/mol. The summed E-state index contributed by atoms with van der Waals surface area (Å²) in [5.74, 6) is 2.21. The van der Waals surface area contributed by atoms with Crippen molar-refractivity contribution in [3.63, 3.8) is 0 Å². The van der Waals surface area contributed by atoms with E-state index in [9.17, 15) is 0 Å². The van der Waals surface area contributed by atoms with E-state index in [4.69, 9.17) is 0 Å². The van der Waals surface area contributed by atoms with Gasteiger partial charge in [0.05, 0.1) is 5.69 Å². The lowest BCUT2D eigenvalue weighted by Gasteiger charge is -2.32. The van der Waals surface area contributed by atoms with Crippen LogP contribution in [0.3, 0.4) is 0 Å². The van der Waals surface area contributed by atoms with Gasteiger partial charge in [-0.1, -0.05) is 0 Å². The van der Waals surface area contributed by atoms with Crippen LogP contribution in [-0.2, 0) is 6.54 Å². The lowest BCUT2D eigenvalue weighted by Crippen LogP contribution is -2.34. The van der Waals surface area contributed by atoms with Crippen LogP contribution in [0.25, 0.3) is 0 Å². The van der Waals surface area contributed by atoms with E-state index >= 15 is 0 Å². The molecule has 0 saturated carbocycles. The van der Waals surface area contributed by atoms with Gasteiger partial charge in [-0.2, -0.15) is 0 Å². The fraction of sp³-hybridized carbons (Fsp3) is 0.529. The summed E-state index contributed by atoms with van der Waals surface area (Å²) in [7, 11) is 0. The minimum absolute atomic E-state index is 0.500. The van der Waals surface area contributed by atoms with Crippen LogP contribution in [-0.4, -0.2) is 37.9 Å². The Morgan fingerprint density at radius 3 is 2.77 bits per heavy atom. The third-order valence-electron chi connectivity index (χ3n) is 4.13. The van der Waals surface area contributed by atoms with Crippen molar-refractivity contribution in [2.75, 3.05) is 13.1 Å². The maximum absolute atomic E-state index is 4.60. The summed E-state index contributed by atoms with van der Waals surface area (Å²) in [6, 6.07) is 4.14. The zero-order valence-electron chi connectivity index (χ0n) is 13.6. The van der Waals surface area contributed by atoms with Crippen molar-refractivity contribution in [1.82, 2.24) is 24.8 Å². The van der Waals surface area contributed by atoms with Gasteiger partial charge in [0.15, 0.2) is 0 Å². The Balaban J connectivity index is 1.70. The molecule has 3 rings (SSSR count). The molecular formula is C17H23N5. The highest BCUT2D eigenvalue weighted by molar-refractivity contribution is 5.12. The van der Waals surface area contributed by atoms with Gasteiger partial charge in [0.1, 0.15) is 11.6 Å². The highest BCUT2D eigenvalue weighted by atomic mass is 15.1. The van der Waals surface area contributed by atoms with Gasteiger partial charge in [0.25, 0.3) is 0 Å². The van der Waals surface area contributed by atoms with Crippen LogP contribution in [0.15, 0.2) is 18.3 Å². The highest BCUT2D eigenvalue weighted by Gasteiger charge is 2.23. The van der Waals surface area contributed by atoms with E-state index in [0.29, 0.717) is 5.92 Å². The van der Waals surface area contributed by atoms with Gasteiger partial charge in [0.2, 0.25) is 0 Å². The maximum atomic E-state index is 4.60. The van der Waals surface area contributed by atoms with Crippen molar-refractivity contribution < 1.29 is 0 Å². The van der Waals surface area contributed by atoms with Gasteiger partial charge in [-0.05, 0) is 52.3 Å². The lowest BCUT2D eigenvalue weighted by atomic mass is 9.94. The molecule has 22 heavy (non-hydrogen) atoms. The summed E-state index contributed by atoms with van der Waals surface area (Å²) in [5, 5.41) is 0. The molecule has 1 aliphatic heterocycles. The molecule has 5 heteroatoms. The third-order valence-corrected chi connectivity index (χ3v) is 4.13. The first kappa shape index (κ1) is 15.0. The molecule has 116 valence electrons. The molecule has 2 aromatic rings. The largest absolute Gasteiger partial charge is 0.297 e. The van der Waals surface area contributed by atoms with Crippen LogP contribution in [0.2, 0.25) is 0 Å². The van der Waals surface area contributed by atoms with Crippen molar-refractivity contribution in [3.05, 3.63) is 47.1 Å². The number of hydrogen-bond acceptors (Lipinski definition) is 5. The van der Waals surface area contributed by atoms with Crippen molar-refractivity contribution in [2.45, 2.75) is 46.1 Å². The number of nitrogens with zero attached hydrogens (tertiary/aromatic N) is 5. The summed E-state index contributed by atoms with van der Waals surface area (Å²) < 4.78 is 0. The zero-order valence-corrected chi connectivity index (χ0v) is 13.6. The number of piperidine rings is 1. The van der Waals surface area contributed by atoms with Crippen LogP contribution in [0.1, 0.15) is 47.5 Å². The molecule has 1 atom stereocenters. The summed E-state index contributed by atoms with van der Waals surface area (Å²) >= 11 is 0. The molecule has 2 aromatic heterocycles. The Hall–Kier alpha value is -1.88. The minimum Gasteiger partial charge on any atom is -0.297 e. The summed E-state index contributed by atoms with van der Waals surface area (Å²) in [5.41, 5.74) is 3.33. The molecule has 3 heterocycles. The fourth-order valence-corrected chi connectivity index (χ4v) is 3.25. The molecule has 1 saturated heterocycles. The van der Waals surface area contributed by atoms with Gasteiger partial charge in [-0.3, -0.25) is 4.90 Å². The minimum atomic E-state index is 0.500. The predicted octanol–water partition coefficient (Wildman–Crippen LogP) is 2.57. The van der Waals surface area contributed by atoms with Gasteiger partial charge < -0.3 is 0 Å². The second-order valence-electron chi connectivity index (χ2n) is 6.15. The van der Waals surface area contributed by atoms with E-state index in [2.05, 4.69) is 37.0 Å². The molecule has 0 amide bonds. The van der Waals surface area contributed by atoms with Gasteiger partial charge in [0, 0.05) is 36.6 Å². The quantitative estimate of drug-likeness (QED) is 0.871. The lowest BCUT2D eigenvalue weighted by molar-refractivity contribution is 0.196. The first-order valence-electron chi connectivity index (χ1n) is 7.93. The van der Waals surface area contributed by atoms with Crippen LogP contribution < -0.4 is 0 Å². The van der Waals surface area contributed by atoms with Gasteiger partial charge in [-0.25, -0.2) is 19.9 Å². The van der Waals surface area contributed by atoms with Crippen molar-refractivity contribution in [1.29, 1.82) is 0 Å². The smallest absolute Gasteiger partial charge is 0.125 e. The van der Waals surface area contributed by atoms with Crippen LogP contribution in [0, 0.1) is 20.8 Å². The molecule has 0 aliphatic carbocycles. The van der Waals surface area contributed by atoms with Gasteiger partial charge >= 0.3 is 0 Å². The van der Waals surface area contributed by atoms with Crippen molar-refractivity contribution >= 4 is 0 Å². The van der Waals surface area contributed by atoms with Crippen molar-refractivity contribution in [3.8, 4) is 0 Å². The average Bonchev–Trinajstić information content (AvgIpc) is 2.46. The summed E-state index contributed by atoms with van der Waals surface area (Å²) in [4.78, 5) is 20.2. The van der Waals surface area contributed by atoms with E-state index < -0.39 is 0 Å². The number of likely N-dealkylation sites (tertiary alicyclic amines) is 1.